The summed E-state index contributed by atoms with van der Waals surface area (Å²) in [5, 5.41) is 2.22. The van der Waals surface area contributed by atoms with Gasteiger partial charge in [0.2, 0.25) is 0 Å². The van der Waals surface area contributed by atoms with Gasteiger partial charge >= 0.3 is 0 Å². The minimum atomic E-state index is 0.602. The highest BCUT2D eigenvalue weighted by Gasteiger charge is 2.01. The minimum Gasteiger partial charge on any atom is -0.489 e. The first kappa shape index (κ1) is 14.4. The molecule has 0 fully saturated rings. The number of furan rings is 1. The van der Waals surface area contributed by atoms with Crippen LogP contribution in [0.15, 0.2) is 77.4 Å². The van der Waals surface area contributed by atoms with Crippen molar-refractivity contribution in [2.24, 2.45) is 0 Å². The van der Waals surface area contributed by atoms with Crippen molar-refractivity contribution in [2.45, 2.75) is 19.7 Å². The Morgan fingerprint density at radius 1 is 0.773 bits per heavy atom. The quantitative estimate of drug-likeness (QED) is 0.727. The van der Waals surface area contributed by atoms with Gasteiger partial charge in [-0.15, -0.1) is 0 Å². The van der Waals surface area contributed by atoms with Crippen LogP contribution in [0.4, 0.5) is 0 Å². The highest BCUT2D eigenvalue weighted by molar-refractivity contribution is 5.27. The van der Waals surface area contributed by atoms with Crippen molar-refractivity contribution >= 4 is 0 Å². The van der Waals surface area contributed by atoms with E-state index in [1.54, 1.807) is 6.26 Å². The Bertz CT molecular complexity index is 660. The zero-order valence-electron chi connectivity index (χ0n) is 12.4. The Balaban J connectivity index is 1.45. The van der Waals surface area contributed by atoms with Gasteiger partial charge in [-0.3, -0.25) is 0 Å². The average Bonchev–Trinajstić information content (AvgIpc) is 3.08. The summed E-state index contributed by atoms with van der Waals surface area (Å²) in [4.78, 5) is 0. The molecule has 0 radical (unpaired) electrons. The van der Waals surface area contributed by atoms with Crippen LogP contribution in [0.3, 0.4) is 0 Å². The highest BCUT2D eigenvalue weighted by Crippen LogP contribution is 2.13. The fraction of sp³-hybridized carbons (Fsp3) is 0.158. The van der Waals surface area contributed by atoms with Gasteiger partial charge in [0, 0.05) is 5.56 Å². The van der Waals surface area contributed by atoms with E-state index in [4.69, 9.17) is 9.15 Å². The number of quaternary nitrogens is 1. The molecule has 0 unspecified atom stereocenters. The normalized spacial score (nSPS) is 10.5. The molecule has 3 heteroatoms. The van der Waals surface area contributed by atoms with Gasteiger partial charge in [-0.05, 0) is 42.0 Å². The van der Waals surface area contributed by atoms with E-state index in [2.05, 4.69) is 29.6 Å². The zero-order chi connectivity index (χ0) is 15.0. The molecule has 0 saturated carbocycles. The molecular formula is C19H20NO2+. The van der Waals surface area contributed by atoms with Crippen molar-refractivity contribution in [1.82, 2.24) is 0 Å². The first-order valence-corrected chi connectivity index (χ1v) is 7.50. The van der Waals surface area contributed by atoms with Crippen LogP contribution in [0, 0.1) is 0 Å². The van der Waals surface area contributed by atoms with Crippen LogP contribution in [0.1, 0.15) is 16.9 Å². The second-order valence-corrected chi connectivity index (χ2v) is 5.19. The Kier molecular flexibility index (Phi) is 4.90. The molecule has 0 saturated heterocycles. The third-order valence-corrected chi connectivity index (χ3v) is 3.48. The first-order valence-electron chi connectivity index (χ1n) is 7.50. The number of nitrogens with two attached hydrogens (primary N) is 1. The van der Waals surface area contributed by atoms with Crippen LogP contribution >= 0.6 is 0 Å². The van der Waals surface area contributed by atoms with E-state index in [0.717, 1.165) is 24.6 Å². The second kappa shape index (κ2) is 7.48. The molecule has 0 spiro atoms. The topological polar surface area (TPSA) is 39.0 Å². The van der Waals surface area contributed by atoms with Crippen molar-refractivity contribution in [3.8, 4) is 5.75 Å². The Labute approximate surface area is 130 Å². The fourth-order valence-electron chi connectivity index (χ4n) is 2.27. The third-order valence-electron chi connectivity index (χ3n) is 3.48. The van der Waals surface area contributed by atoms with Crippen molar-refractivity contribution < 1.29 is 14.5 Å². The fourth-order valence-corrected chi connectivity index (χ4v) is 2.27. The van der Waals surface area contributed by atoms with E-state index in [1.165, 1.54) is 11.1 Å². The molecule has 0 atom stereocenters. The van der Waals surface area contributed by atoms with Gasteiger partial charge in [0.25, 0.3) is 0 Å². The average molecular weight is 294 g/mol. The summed E-state index contributed by atoms with van der Waals surface area (Å²) in [5.41, 5.74) is 2.46. The molecule has 2 aromatic carbocycles. The van der Waals surface area contributed by atoms with Gasteiger partial charge in [0.15, 0.2) is 5.76 Å². The molecule has 1 heterocycles. The lowest BCUT2D eigenvalue weighted by Gasteiger charge is -2.07. The number of hydrogen-bond donors (Lipinski definition) is 1. The molecule has 112 valence electrons. The highest BCUT2D eigenvalue weighted by atomic mass is 16.5. The molecule has 0 aliphatic carbocycles. The van der Waals surface area contributed by atoms with E-state index >= 15 is 0 Å². The van der Waals surface area contributed by atoms with Crippen LogP contribution in [-0.4, -0.2) is 0 Å². The van der Waals surface area contributed by atoms with Crippen LogP contribution in [0.25, 0.3) is 0 Å². The van der Waals surface area contributed by atoms with Crippen molar-refractivity contribution in [3.63, 3.8) is 0 Å². The van der Waals surface area contributed by atoms with Gasteiger partial charge < -0.3 is 14.5 Å². The first-order chi connectivity index (χ1) is 10.9. The van der Waals surface area contributed by atoms with Gasteiger partial charge in [-0.1, -0.05) is 30.3 Å². The van der Waals surface area contributed by atoms with E-state index in [-0.39, 0.29) is 0 Å². The maximum atomic E-state index is 5.79. The molecule has 0 bridgehead atoms. The predicted octanol–water partition coefficient (Wildman–Crippen LogP) is 3.12. The number of benzene rings is 2. The van der Waals surface area contributed by atoms with Gasteiger partial charge in [0.05, 0.1) is 6.26 Å². The summed E-state index contributed by atoms with van der Waals surface area (Å²) in [7, 11) is 0. The molecule has 0 aliphatic rings. The summed E-state index contributed by atoms with van der Waals surface area (Å²) < 4.78 is 11.1. The second-order valence-electron chi connectivity index (χ2n) is 5.19. The minimum absolute atomic E-state index is 0.602. The van der Waals surface area contributed by atoms with Crippen LogP contribution < -0.4 is 10.1 Å². The van der Waals surface area contributed by atoms with Gasteiger partial charge in [-0.25, -0.2) is 0 Å². The van der Waals surface area contributed by atoms with E-state index in [9.17, 15) is 0 Å². The van der Waals surface area contributed by atoms with Crippen molar-refractivity contribution in [2.75, 3.05) is 0 Å². The lowest BCUT2D eigenvalue weighted by molar-refractivity contribution is -0.687. The molecular weight excluding hydrogens is 274 g/mol. The summed E-state index contributed by atoms with van der Waals surface area (Å²) in [6, 6.07) is 22.4. The Morgan fingerprint density at radius 3 is 2.32 bits per heavy atom. The molecule has 22 heavy (non-hydrogen) atoms. The lowest BCUT2D eigenvalue weighted by Crippen LogP contribution is -2.80. The van der Waals surface area contributed by atoms with E-state index in [0.29, 0.717) is 6.61 Å². The van der Waals surface area contributed by atoms with Crippen LogP contribution in [-0.2, 0) is 19.7 Å². The molecule has 1 aromatic heterocycles. The maximum absolute atomic E-state index is 5.79. The maximum Gasteiger partial charge on any atom is 0.157 e. The van der Waals surface area contributed by atoms with Crippen molar-refractivity contribution in [1.29, 1.82) is 0 Å². The Morgan fingerprint density at radius 2 is 1.59 bits per heavy atom. The molecule has 0 aliphatic heterocycles. The number of rotatable bonds is 7. The van der Waals surface area contributed by atoms with Gasteiger partial charge in [-0.2, -0.15) is 0 Å². The predicted molar refractivity (Wildman–Crippen MR) is 85.3 cm³/mol. The number of hydrogen-bond acceptors (Lipinski definition) is 2. The third kappa shape index (κ3) is 4.24. The standard InChI is InChI=1S/C19H19NO2/c1-2-5-17(6-3-1)15-22-18-10-8-16(9-11-18)13-20-14-19-7-4-12-21-19/h1-12,20H,13-15H2/p+1. The van der Waals surface area contributed by atoms with Gasteiger partial charge in [0.1, 0.15) is 25.4 Å². The SMILES string of the molecule is c1ccc(COc2ccc(C[NH2+]Cc3ccco3)cc2)cc1. The zero-order valence-corrected chi connectivity index (χ0v) is 12.4. The smallest absolute Gasteiger partial charge is 0.157 e. The van der Waals surface area contributed by atoms with Crippen LogP contribution in [0.5, 0.6) is 5.75 Å². The molecule has 3 aromatic rings. The van der Waals surface area contributed by atoms with E-state index < -0.39 is 0 Å². The lowest BCUT2D eigenvalue weighted by atomic mass is 10.2. The summed E-state index contributed by atoms with van der Waals surface area (Å²) in [5.74, 6) is 1.90. The summed E-state index contributed by atoms with van der Waals surface area (Å²) in [6.07, 6.45) is 1.71. The monoisotopic (exact) mass is 294 g/mol. The molecule has 3 rings (SSSR count). The van der Waals surface area contributed by atoms with Crippen LogP contribution in [0.2, 0.25) is 0 Å². The largest absolute Gasteiger partial charge is 0.489 e. The Hall–Kier alpha value is -2.52. The van der Waals surface area contributed by atoms with E-state index in [1.807, 2.05) is 42.5 Å². The molecule has 0 amide bonds. The molecule has 3 nitrogen and oxygen atoms in total. The summed E-state index contributed by atoms with van der Waals surface area (Å²) >= 11 is 0. The van der Waals surface area contributed by atoms with Crippen molar-refractivity contribution in [3.05, 3.63) is 89.9 Å². The number of ether oxygens (including phenoxy) is 1. The molecule has 2 N–H and O–H groups in total. The summed E-state index contributed by atoms with van der Waals surface area (Å²) in [6.45, 7) is 2.39.